The van der Waals surface area contributed by atoms with Gasteiger partial charge < -0.3 is 14.6 Å². The number of hydrogen-bond acceptors (Lipinski definition) is 7. The number of fused-ring (bicyclic) bond motifs is 1. The van der Waals surface area contributed by atoms with Crippen molar-refractivity contribution >= 4 is 40.2 Å². The number of anilines is 1. The minimum absolute atomic E-state index is 0.207. The second-order valence-corrected chi connectivity index (χ2v) is 8.39. The first-order chi connectivity index (χ1) is 15.2. The molecule has 0 aliphatic carbocycles. The van der Waals surface area contributed by atoms with E-state index >= 15 is 0 Å². The smallest absolute Gasteiger partial charge is 0.258 e. The number of H-pyrrole nitrogens is 1. The van der Waals surface area contributed by atoms with Crippen molar-refractivity contribution in [2.24, 2.45) is 0 Å². The number of hydrogen-bond donors (Lipinski definition) is 1. The third-order valence-electron chi connectivity index (χ3n) is 4.98. The molecule has 0 amide bonds. The maximum Gasteiger partial charge on any atom is 0.258 e. The van der Waals surface area contributed by atoms with Crippen molar-refractivity contribution in [3.8, 4) is 5.69 Å². The summed E-state index contributed by atoms with van der Waals surface area (Å²) in [7, 11) is 0. The lowest BCUT2D eigenvalue weighted by Gasteiger charge is -2.27. The fraction of sp³-hybridized carbons (Fsp3) is 0.238. The maximum absolute atomic E-state index is 12.4. The second kappa shape index (κ2) is 8.70. The molecule has 0 unspecified atom stereocenters. The van der Waals surface area contributed by atoms with E-state index in [2.05, 4.69) is 25.1 Å². The minimum atomic E-state index is -0.207. The van der Waals surface area contributed by atoms with Crippen LogP contribution < -0.4 is 10.5 Å². The summed E-state index contributed by atoms with van der Waals surface area (Å²) in [5, 5.41) is 10.6. The lowest BCUT2D eigenvalue weighted by Crippen LogP contribution is -2.37. The topological polar surface area (TPSA) is 88.9 Å². The molecule has 2 aromatic carbocycles. The zero-order valence-corrected chi connectivity index (χ0v) is 18.1. The van der Waals surface area contributed by atoms with Gasteiger partial charge in [-0.2, -0.15) is 0 Å². The summed E-state index contributed by atoms with van der Waals surface area (Å²) in [5.41, 5.74) is 1.38. The number of halogens is 1. The summed E-state index contributed by atoms with van der Waals surface area (Å²) in [6, 6.07) is 15.1. The average molecular weight is 455 g/mol. The molecule has 5 rings (SSSR count). The van der Waals surface area contributed by atoms with Crippen molar-refractivity contribution < 1.29 is 4.74 Å². The number of aromatic amines is 1. The Bertz CT molecular complexity index is 1270. The van der Waals surface area contributed by atoms with Crippen molar-refractivity contribution in [3.63, 3.8) is 0 Å². The summed E-state index contributed by atoms with van der Waals surface area (Å²) in [6.07, 6.45) is 0. The molecule has 4 aromatic rings. The van der Waals surface area contributed by atoms with Gasteiger partial charge >= 0.3 is 0 Å². The van der Waals surface area contributed by atoms with E-state index in [9.17, 15) is 4.79 Å². The van der Waals surface area contributed by atoms with Crippen molar-refractivity contribution in [1.82, 2.24) is 24.7 Å². The van der Waals surface area contributed by atoms with Crippen molar-refractivity contribution in [3.05, 3.63) is 69.7 Å². The van der Waals surface area contributed by atoms with Crippen LogP contribution >= 0.6 is 23.4 Å². The van der Waals surface area contributed by atoms with Gasteiger partial charge in [0.1, 0.15) is 5.82 Å². The lowest BCUT2D eigenvalue weighted by atomic mass is 10.2. The monoisotopic (exact) mass is 454 g/mol. The minimum Gasteiger partial charge on any atom is -0.378 e. The Kier molecular flexibility index (Phi) is 5.63. The largest absolute Gasteiger partial charge is 0.378 e. The molecule has 1 aliphatic heterocycles. The Morgan fingerprint density at radius 1 is 1.10 bits per heavy atom. The molecule has 0 radical (unpaired) electrons. The molecule has 1 fully saturated rings. The quantitative estimate of drug-likeness (QED) is 0.463. The first-order valence-electron chi connectivity index (χ1n) is 9.84. The van der Waals surface area contributed by atoms with Crippen molar-refractivity contribution in [2.75, 3.05) is 31.2 Å². The number of nitrogens with one attached hydrogen (secondary N) is 1. The highest BCUT2D eigenvalue weighted by Gasteiger charge is 2.22. The Labute approximate surface area is 187 Å². The van der Waals surface area contributed by atoms with Gasteiger partial charge in [-0.3, -0.25) is 9.36 Å². The molecule has 158 valence electrons. The fourth-order valence-electron chi connectivity index (χ4n) is 3.49. The zero-order chi connectivity index (χ0) is 21.2. The summed E-state index contributed by atoms with van der Waals surface area (Å²) in [5.74, 6) is 1.80. The molecule has 31 heavy (non-hydrogen) atoms. The first-order valence-corrected chi connectivity index (χ1v) is 11.2. The summed E-state index contributed by atoms with van der Waals surface area (Å²) in [6.45, 7) is 2.85. The normalized spacial score (nSPS) is 14.3. The molecule has 10 heteroatoms. The van der Waals surface area contributed by atoms with Gasteiger partial charge in [-0.25, -0.2) is 4.98 Å². The zero-order valence-electron chi connectivity index (χ0n) is 16.5. The van der Waals surface area contributed by atoms with Crippen LogP contribution in [-0.4, -0.2) is 51.0 Å². The molecule has 0 atom stereocenters. The van der Waals surface area contributed by atoms with Crippen LogP contribution in [0.3, 0.4) is 0 Å². The van der Waals surface area contributed by atoms with Crippen LogP contribution in [0.2, 0.25) is 5.02 Å². The summed E-state index contributed by atoms with van der Waals surface area (Å²) in [4.78, 5) is 22.0. The number of ether oxygens (including phenoxy) is 1. The first kappa shape index (κ1) is 20.0. The van der Waals surface area contributed by atoms with Crippen LogP contribution in [0, 0.1) is 0 Å². The Hall–Kier alpha value is -2.88. The lowest BCUT2D eigenvalue weighted by molar-refractivity contribution is 0.122. The highest BCUT2D eigenvalue weighted by molar-refractivity contribution is 7.98. The van der Waals surface area contributed by atoms with Gasteiger partial charge in [-0.15, -0.1) is 10.2 Å². The molecule has 2 aromatic heterocycles. The number of thioether (sulfide) groups is 1. The standard InChI is InChI=1S/C21H19ClN6O2S/c22-14-6-7-17-16(12-14)19(29)24-18(23-17)13-31-21-26-25-20(27-8-10-30-11-9-27)28(21)15-4-2-1-3-5-15/h1-7,12H,8-11,13H2,(H,23,24,29). The molecule has 0 bridgehead atoms. The van der Waals surface area contributed by atoms with Crippen LogP contribution in [-0.2, 0) is 10.5 Å². The Morgan fingerprint density at radius 2 is 1.90 bits per heavy atom. The predicted octanol–water partition coefficient (Wildman–Crippen LogP) is 3.29. The third-order valence-corrected chi connectivity index (χ3v) is 6.15. The summed E-state index contributed by atoms with van der Waals surface area (Å²) < 4.78 is 7.51. The van der Waals surface area contributed by atoms with Gasteiger partial charge in [0.15, 0.2) is 5.16 Å². The van der Waals surface area contributed by atoms with E-state index in [1.165, 1.54) is 11.8 Å². The number of rotatable bonds is 5. The number of nitrogens with zero attached hydrogens (tertiary/aromatic N) is 5. The number of para-hydroxylation sites is 1. The maximum atomic E-state index is 12.4. The number of aromatic nitrogens is 5. The van der Waals surface area contributed by atoms with Crippen molar-refractivity contribution in [2.45, 2.75) is 10.9 Å². The highest BCUT2D eigenvalue weighted by Crippen LogP contribution is 2.28. The van der Waals surface area contributed by atoms with E-state index in [1.807, 2.05) is 34.9 Å². The third kappa shape index (κ3) is 4.16. The van der Waals surface area contributed by atoms with E-state index in [4.69, 9.17) is 16.3 Å². The van der Waals surface area contributed by atoms with Crippen LogP contribution in [0.5, 0.6) is 0 Å². The van der Waals surface area contributed by atoms with Gasteiger partial charge in [0.25, 0.3) is 5.56 Å². The molecule has 0 spiro atoms. The average Bonchev–Trinajstić information content (AvgIpc) is 3.23. The molecule has 8 nitrogen and oxygen atoms in total. The van der Waals surface area contributed by atoms with Crippen LogP contribution in [0.15, 0.2) is 58.5 Å². The Morgan fingerprint density at radius 3 is 2.71 bits per heavy atom. The van der Waals surface area contributed by atoms with Gasteiger partial charge in [-0.1, -0.05) is 41.6 Å². The molecule has 1 saturated heterocycles. The van der Waals surface area contributed by atoms with Gasteiger partial charge in [0, 0.05) is 18.1 Å². The molecule has 3 heterocycles. The molecule has 1 aliphatic rings. The van der Waals surface area contributed by atoms with E-state index in [0.29, 0.717) is 40.7 Å². The van der Waals surface area contributed by atoms with Crippen LogP contribution in [0.4, 0.5) is 5.95 Å². The van der Waals surface area contributed by atoms with Crippen LogP contribution in [0.25, 0.3) is 16.6 Å². The number of morpholine rings is 1. The van der Waals surface area contributed by atoms with Gasteiger partial charge in [-0.05, 0) is 30.3 Å². The Balaban J connectivity index is 1.47. The second-order valence-electron chi connectivity index (χ2n) is 7.02. The molecular formula is C21H19ClN6O2S. The summed E-state index contributed by atoms with van der Waals surface area (Å²) >= 11 is 7.47. The van der Waals surface area contributed by atoms with E-state index in [0.717, 1.165) is 29.9 Å². The molecular weight excluding hydrogens is 436 g/mol. The number of benzene rings is 2. The van der Waals surface area contributed by atoms with Crippen LogP contribution in [0.1, 0.15) is 5.82 Å². The molecule has 0 saturated carbocycles. The SMILES string of the molecule is O=c1[nH]c(CSc2nnc(N3CCOCC3)n2-c2ccccc2)nc2ccc(Cl)cc12. The highest BCUT2D eigenvalue weighted by atomic mass is 35.5. The fourth-order valence-corrected chi connectivity index (χ4v) is 4.48. The predicted molar refractivity (Wildman–Crippen MR) is 121 cm³/mol. The molecule has 1 N–H and O–H groups in total. The van der Waals surface area contributed by atoms with Gasteiger partial charge in [0.2, 0.25) is 5.95 Å². The van der Waals surface area contributed by atoms with Gasteiger partial charge in [0.05, 0.1) is 35.6 Å². The van der Waals surface area contributed by atoms with Crippen molar-refractivity contribution in [1.29, 1.82) is 0 Å². The van der Waals surface area contributed by atoms with E-state index in [-0.39, 0.29) is 5.56 Å². The van der Waals surface area contributed by atoms with E-state index < -0.39 is 0 Å². The van der Waals surface area contributed by atoms with E-state index in [1.54, 1.807) is 18.2 Å².